The number of aryl methyl sites for hydroxylation is 1. The summed E-state index contributed by atoms with van der Waals surface area (Å²) in [6.07, 6.45) is 9.10. The van der Waals surface area contributed by atoms with Gasteiger partial charge in [0.15, 0.2) is 0 Å². The Hall–Kier alpha value is -1.35. The Labute approximate surface area is 133 Å². The number of fused-ring (bicyclic) bond motifs is 2. The minimum atomic E-state index is 0.0999. The summed E-state index contributed by atoms with van der Waals surface area (Å²) in [7, 11) is 0. The molecular weight excluding hydrogens is 272 g/mol. The van der Waals surface area contributed by atoms with Crippen molar-refractivity contribution < 1.29 is 4.79 Å². The van der Waals surface area contributed by atoms with E-state index in [9.17, 15) is 4.79 Å². The molecule has 22 heavy (non-hydrogen) atoms. The third-order valence-electron chi connectivity index (χ3n) is 5.65. The summed E-state index contributed by atoms with van der Waals surface area (Å²) < 4.78 is 0. The molecule has 1 aliphatic carbocycles. The molecule has 118 valence electrons. The molecule has 4 rings (SSSR count). The van der Waals surface area contributed by atoms with Gasteiger partial charge in [-0.15, -0.1) is 0 Å². The van der Waals surface area contributed by atoms with Crippen molar-refractivity contribution in [2.45, 2.75) is 76.0 Å². The van der Waals surface area contributed by atoms with Crippen molar-refractivity contribution in [2.24, 2.45) is 0 Å². The van der Waals surface area contributed by atoms with E-state index in [1.807, 2.05) is 24.3 Å². The number of benzene rings is 1. The highest BCUT2D eigenvalue weighted by molar-refractivity contribution is 5.94. The van der Waals surface area contributed by atoms with Gasteiger partial charge in [-0.05, 0) is 57.6 Å². The molecule has 3 heteroatoms. The Morgan fingerprint density at radius 1 is 1.00 bits per heavy atom. The number of piperidine rings is 2. The van der Waals surface area contributed by atoms with Crippen molar-refractivity contribution >= 4 is 5.91 Å². The molecule has 1 amide bonds. The Morgan fingerprint density at radius 2 is 1.64 bits per heavy atom. The van der Waals surface area contributed by atoms with Gasteiger partial charge < -0.3 is 5.32 Å². The number of nitrogens with zero attached hydrogens (tertiary/aromatic N) is 1. The largest absolute Gasteiger partial charge is 0.349 e. The molecule has 1 saturated carbocycles. The maximum Gasteiger partial charge on any atom is 0.251 e. The number of hydrogen-bond donors (Lipinski definition) is 1. The standard InChI is InChI=1S/C19H26N2O/c1-13-5-7-14(8-6-13)19(22)20-15-11-17-3-2-4-18(12-15)21(17)16-9-10-16/h5-8,15-18H,2-4,9-12H2,1H3,(H,20,22)/t15?,17-,18+. The first-order valence-corrected chi connectivity index (χ1v) is 8.85. The van der Waals surface area contributed by atoms with Crippen LogP contribution in [0.5, 0.6) is 0 Å². The Balaban J connectivity index is 1.41. The minimum Gasteiger partial charge on any atom is -0.349 e. The van der Waals surface area contributed by atoms with Crippen LogP contribution in [-0.4, -0.2) is 35.0 Å². The van der Waals surface area contributed by atoms with Crippen LogP contribution in [0.2, 0.25) is 0 Å². The fourth-order valence-electron chi connectivity index (χ4n) is 4.48. The zero-order valence-electron chi connectivity index (χ0n) is 13.4. The molecule has 3 aliphatic rings. The summed E-state index contributed by atoms with van der Waals surface area (Å²) in [5, 5.41) is 3.30. The second kappa shape index (κ2) is 5.69. The van der Waals surface area contributed by atoms with E-state index in [0.717, 1.165) is 24.4 Å². The van der Waals surface area contributed by atoms with Crippen LogP contribution in [-0.2, 0) is 0 Å². The van der Waals surface area contributed by atoms with Crippen molar-refractivity contribution in [2.75, 3.05) is 0 Å². The van der Waals surface area contributed by atoms with E-state index >= 15 is 0 Å². The lowest BCUT2D eigenvalue weighted by Crippen LogP contribution is -2.57. The lowest BCUT2D eigenvalue weighted by Gasteiger charge is -2.49. The summed E-state index contributed by atoms with van der Waals surface area (Å²) in [5.41, 5.74) is 1.99. The molecule has 3 fully saturated rings. The summed E-state index contributed by atoms with van der Waals surface area (Å²) >= 11 is 0. The van der Waals surface area contributed by atoms with Gasteiger partial charge in [-0.3, -0.25) is 9.69 Å². The molecule has 2 bridgehead atoms. The lowest BCUT2D eigenvalue weighted by atomic mass is 9.81. The normalized spacial score (nSPS) is 31.8. The van der Waals surface area contributed by atoms with Crippen LogP contribution in [0.25, 0.3) is 0 Å². The minimum absolute atomic E-state index is 0.0999. The molecule has 0 aromatic heterocycles. The molecule has 0 radical (unpaired) electrons. The first-order valence-electron chi connectivity index (χ1n) is 8.85. The SMILES string of the molecule is Cc1ccc(C(=O)NC2C[C@H]3CCC[C@@H](C2)N3C2CC2)cc1. The van der Waals surface area contributed by atoms with Crippen molar-refractivity contribution in [1.29, 1.82) is 0 Å². The van der Waals surface area contributed by atoms with Gasteiger partial charge in [0.2, 0.25) is 0 Å². The maximum atomic E-state index is 12.4. The molecule has 0 spiro atoms. The number of rotatable bonds is 3. The van der Waals surface area contributed by atoms with Crippen LogP contribution in [0.3, 0.4) is 0 Å². The van der Waals surface area contributed by atoms with Crippen molar-refractivity contribution in [1.82, 2.24) is 10.2 Å². The topological polar surface area (TPSA) is 32.3 Å². The maximum absolute atomic E-state index is 12.4. The Bertz CT molecular complexity index is 535. The number of carbonyl (C=O) groups is 1. The summed E-state index contributed by atoms with van der Waals surface area (Å²) in [6, 6.07) is 10.5. The van der Waals surface area contributed by atoms with Gasteiger partial charge in [0.25, 0.3) is 5.91 Å². The van der Waals surface area contributed by atoms with E-state index < -0.39 is 0 Å². The quantitative estimate of drug-likeness (QED) is 0.929. The highest BCUT2D eigenvalue weighted by Crippen LogP contribution is 2.41. The predicted molar refractivity (Wildman–Crippen MR) is 88.0 cm³/mol. The Kier molecular flexibility index (Phi) is 3.69. The van der Waals surface area contributed by atoms with E-state index in [2.05, 4.69) is 17.1 Å². The van der Waals surface area contributed by atoms with Gasteiger partial charge >= 0.3 is 0 Å². The van der Waals surface area contributed by atoms with E-state index in [4.69, 9.17) is 0 Å². The molecule has 3 atom stereocenters. The van der Waals surface area contributed by atoms with E-state index in [1.54, 1.807) is 0 Å². The second-order valence-corrected chi connectivity index (χ2v) is 7.42. The van der Waals surface area contributed by atoms with Crippen LogP contribution in [0, 0.1) is 6.92 Å². The molecule has 2 aliphatic heterocycles. The van der Waals surface area contributed by atoms with Gasteiger partial charge in [-0.1, -0.05) is 24.1 Å². The fraction of sp³-hybridized carbons (Fsp3) is 0.632. The van der Waals surface area contributed by atoms with Gasteiger partial charge in [0.05, 0.1) is 0 Å². The smallest absolute Gasteiger partial charge is 0.251 e. The summed E-state index contributed by atoms with van der Waals surface area (Å²) in [6.45, 7) is 2.05. The zero-order chi connectivity index (χ0) is 15.1. The number of hydrogen-bond acceptors (Lipinski definition) is 2. The highest BCUT2D eigenvalue weighted by Gasteiger charge is 2.45. The van der Waals surface area contributed by atoms with Crippen LogP contribution in [0.1, 0.15) is 60.9 Å². The number of nitrogens with one attached hydrogen (secondary N) is 1. The molecular formula is C19H26N2O. The van der Waals surface area contributed by atoms with Crippen molar-refractivity contribution in [3.8, 4) is 0 Å². The third kappa shape index (κ3) is 2.79. The molecule has 1 aromatic rings. The molecule has 1 unspecified atom stereocenters. The van der Waals surface area contributed by atoms with Gasteiger partial charge in [0.1, 0.15) is 0 Å². The average Bonchev–Trinajstić information content (AvgIpc) is 3.31. The average molecular weight is 298 g/mol. The van der Waals surface area contributed by atoms with E-state index in [1.165, 1.54) is 37.7 Å². The van der Waals surface area contributed by atoms with E-state index in [0.29, 0.717) is 18.1 Å². The first kappa shape index (κ1) is 14.3. The second-order valence-electron chi connectivity index (χ2n) is 7.42. The number of carbonyl (C=O) groups excluding carboxylic acids is 1. The zero-order valence-corrected chi connectivity index (χ0v) is 13.4. The lowest BCUT2D eigenvalue weighted by molar-refractivity contribution is 0.0175. The molecule has 1 aromatic carbocycles. The van der Waals surface area contributed by atoms with Crippen LogP contribution in [0.4, 0.5) is 0 Å². The number of amides is 1. The fourth-order valence-corrected chi connectivity index (χ4v) is 4.48. The van der Waals surface area contributed by atoms with Crippen molar-refractivity contribution in [3.05, 3.63) is 35.4 Å². The van der Waals surface area contributed by atoms with Gasteiger partial charge in [0, 0.05) is 29.7 Å². The summed E-state index contributed by atoms with van der Waals surface area (Å²) in [5.74, 6) is 0.0999. The molecule has 2 heterocycles. The van der Waals surface area contributed by atoms with Crippen molar-refractivity contribution in [3.63, 3.8) is 0 Å². The monoisotopic (exact) mass is 298 g/mol. The first-order chi connectivity index (χ1) is 10.7. The Morgan fingerprint density at radius 3 is 2.23 bits per heavy atom. The molecule has 2 saturated heterocycles. The van der Waals surface area contributed by atoms with E-state index in [-0.39, 0.29) is 5.91 Å². The molecule has 1 N–H and O–H groups in total. The van der Waals surface area contributed by atoms with Gasteiger partial charge in [-0.2, -0.15) is 0 Å². The predicted octanol–water partition coefficient (Wildman–Crippen LogP) is 3.27. The van der Waals surface area contributed by atoms with Gasteiger partial charge in [-0.25, -0.2) is 0 Å². The highest BCUT2D eigenvalue weighted by atomic mass is 16.1. The third-order valence-corrected chi connectivity index (χ3v) is 5.65. The summed E-state index contributed by atoms with van der Waals surface area (Å²) in [4.78, 5) is 15.3. The van der Waals surface area contributed by atoms with Crippen LogP contribution >= 0.6 is 0 Å². The van der Waals surface area contributed by atoms with Crippen LogP contribution in [0.15, 0.2) is 24.3 Å². The molecule has 3 nitrogen and oxygen atoms in total. The van der Waals surface area contributed by atoms with Crippen LogP contribution < -0.4 is 5.32 Å².